The molecule has 4 heteroatoms. The molecule has 8 rings (SSSR count). The summed E-state index contributed by atoms with van der Waals surface area (Å²) in [5.41, 5.74) is 12.2. The van der Waals surface area contributed by atoms with Crippen molar-refractivity contribution in [2.24, 2.45) is 0 Å². The van der Waals surface area contributed by atoms with Crippen molar-refractivity contribution in [1.82, 2.24) is 9.55 Å². The van der Waals surface area contributed by atoms with Gasteiger partial charge in [0.15, 0.2) is 0 Å². The van der Waals surface area contributed by atoms with E-state index in [9.17, 15) is 10.5 Å². The van der Waals surface area contributed by atoms with Crippen LogP contribution in [0.4, 0.5) is 0 Å². The molecule has 0 radical (unpaired) electrons. The highest BCUT2D eigenvalue weighted by atomic mass is 15.0. The van der Waals surface area contributed by atoms with E-state index < -0.39 is 0 Å². The molecule has 0 unspecified atom stereocenters. The lowest BCUT2D eigenvalue weighted by atomic mass is 9.82. The van der Waals surface area contributed by atoms with E-state index in [2.05, 4.69) is 96.2 Å². The third kappa shape index (κ3) is 3.59. The highest BCUT2D eigenvalue weighted by molar-refractivity contribution is 6.15. The molecule has 4 nitrogen and oxygen atoms in total. The summed E-state index contributed by atoms with van der Waals surface area (Å²) in [5, 5.41) is 22.8. The SMILES string of the molecule is CC1(C)c2ccccc2-c2c1ccc1c3ccccc3n(-c3ccc(-c4cc(-c5ccccc5)cnc4C#N)cc3C#N)c21. The number of pyridine rings is 1. The first-order valence-corrected chi connectivity index (χ1v) is 14.7. The highest BCUT2D eigenvalue weighted by Gasteiger charge is 2.37. The van der Waals surface area contributed by atoms with Crippen LogP contribution in [-0.4, -0.2) is 9.55 Å². The Balaban J connectivity index is 1.40. The molecule has 0 atom stereocenters. The fourth-order valence-corrected chi connectivity index (χ4v) is 7.04. The van der Waals surface area contributed by atoms with Gasteiger partial charge in [-0.05, 0) is 52.1 Å². The van der Waals surface area contributed by atoms with E-state index in [0.717, 1.165) is 44.2 Å². The predicted octanol–water partition coefficient (Wildman–Crippen LogP) is 9.56. The van der Waals surface area contributed by atoms with E-state index in [1.54, 1.807) is 6.20 Å². The molecule has 1 aliphatic rings. The molecule has 0 saturated carbocycles. The zero-order valence-corrected chi connectivity index (χ0v) is 24.3. The Morgan fingerprint density at radius 1 is 0.636 bits per heavy atom. The van der Waals surface area contributed by atoms with Gasteiger partial charge in [0.2, 0.25) is 0 Å². The molecule has 0 saturated heterocycles. The fourth-order valence-electron chi connectivity index (χ4n) is 7.04. The maximum Gasteiger partial charge on any atom is 0.148 e. The molecule has 0 bridgehead atoms. The van der Waals surface area contributed by atoms with Crippen LogP contribution in [0.3, 0.4) is 0 Å². The number of hydrogen-bond acceptors (Lipinski definition) is 3. The van der Waals surface area contributed by atoms with Crippen LogP contribution in [0, 0.1) is 22.7 Å². The first-order chi connectivity index (χ1) is 21.5. The van der Waals surface area contributed by atoms with Gasteiger partial charge in [-0.2, -0.15) is 10.5 Å². The summed E-state index contributed by atoms with van der Waals surface area (Å²) in [5.74, 6) is 0. The Labute approximate surface area is 255 Å². The molecule has 2 heterocycles. The minimum atomic E-state index is -0.145. The lowest BCUT2D eigenvalue weighted by molar-refractivity contribution is 0.661. The number of nitriles is 2. The first-order valence-electron chi connectivity index (χ1n) is 14.7. The van der Waals surface area contributed by atoms with Crippen molar-refractivity contribution in [3.63, 3.8) is 0 Å². The topological polar surface area (TPSA) is 65.4 Å². The normalized spacial score (nSPS) is 12.9. The molecule has 44 heavy (non-hydrogen) atoms. The van der Waals surface area contributed by atoms with E-state index in [1.165, 1.54) is 22.3 Å². The predicted molar refractivity (Wildman–Crippen MR) is 176 cm³/mol. The Morgan fingerprint density at radius 3 is 2.23 bits per heavy atom. The minimum Gasteiger partial charge on any atom is -0.307 e. The second kappa shape index (κ2) is 9.53. The van der Waals surface area contributed by atoms with Crippen LogP contribution >= 0.6 is 0 Å². The van der Waals surface area contributed by atoms with Gasteiger partial charge in [0, 0.05) is 39.1 Å². The largest absolute Gasteiger partial charge is 0.307 e. The van der Waals surface area contributed by atoms with Gasteiger partial charge in [0.25, 0.3) is 0 Å². The molecule has 0 spiro atoms. The zero-order valence-electron chi connectivity index (χ0n) is 24.3. The second-order valence-electron chi connectivity index (χ2n) is 11.8. The van der Waals surface area contributed by atoms with Crippen LogP contribution in [0.5, 0.6) is 0 Å². The van der Waals surface area contributed by atoms with Crippen molar-refractivity contribution in [2.75, 3.05) is 0 Å². The van der Waals surface area contributed by atoms with E-state index in [1.807, 2.05) is 54.6 Å². The summed E-state index contributed by atoms with van der Waals surface area (Å²) in [6.07, 6.45) is 1.73. The lowest BCUT2D eigenvalue weighted by Crippen LogP contribution is -2.14. The van der Waals surface area contributed by atoms with Crippen LogP contribution < -0.4 is 0 Å². The van der Waals surface area contributed by atoms with Crippen molar-refractivity contribution < 1.29 is 0 Å². The van der Waals surface area contributed by atoms with Gasteiger partial charge in [0.1, 0.15) is 17.8 Å². The molecule has 5 aromatic carbocycles. The zero-order chi connectivity index (χ0) is 30.0. The molecule has 1 aliphatic carbocycles. The number of benzene rings is 5. The lowest BCUT2D eigenvalue weighted by Gasteiger charge is -2.21. The van der Waals surface area contributed by atoms with Gasteiger partial charge < -0.3 is 4.57 Å². The number of hydrogen-bond donors (Lipinski definition) is 0. The van der Waals surface area contributed by atoms with E-state index in [4.69, 9.17) is 0 Å². The molecule has 0 aliphatic heterocycles. The van der Waals surface area contributed by atoms with Crippen molar-refractivity contribution in [3.8, 4) is 51.2 Å². The third-order valence-electron chi connectivity index (χ3n) is 9.15. The summed E-state index contributed by atoms with van der Waals surface area (Å²) in [7, 11) is 0. The van der Waals surface area contributed by atoms with Crippen molar-refractivity contribution in [1.29, 1.82) is 10.5 Å². The standard InChI is InChI=1S/C40H26N4/c1-40(2)33-14-8-6-13-31(33)38-34(40)18-17-30-29-12-7-9-15-37(29)44(39(30)38)36-19-16-26(20-27(36)22-41)32-21-28(24-43-35(32)23-42)25-10-4-3-5-11-25/h3-21,24H,1-2H3. The van der Waals surface area contributed by atoms with Gasteiger partial charge in [-0.1, -0.05) is 105 Å². The van der Waals surface area contributed by atoms with E-state index in [0.29, 0.717) is 16.8 Å². The van der Waals surface area contributed by atoms with Crippen molar-refractivity contribution in [2.45, 2.75) is 19.3 Å². The number of nitrogens with zero attached hydrogens (tertiary/aromatic N) is 4. The van der Waals surface area contributed by atoms with Crippen LogP contribution in [-0.2, 0) is 5.41 Å². The first kappa shape index (κ1) is 25.7. The maximum atomic E-state index is 10.6. The molecular formula is C40H26N4. The molecule has 2 aromatic heterocycles. The number of para-hydroxylation sites is 1. The number of aromatic nitrogens is 2. The average molecular weight is 563 g/mol. The van der Waals surface area contributed by atoms with Gasteiger partial charge in [-0.15, -0.1) is 0 Å². The summed E-state index contributed by atoms with van der Waals surface area (Å²) in [6, 6.07) is 44.2. The Morgan fingerprint density at radius 2 is 1.41 bits per heavy atom. The van der Waals surface area contributed by atoms with Crippen LogP contribution in [0.1, 0.15) is 36.2 Å². The Hall–Kier alpha value is -5.97. The van der Waals surface area contributed by atoms with Gasteiger partial charge in [-0.3, -0.25) is 0 Å². The number of rotatable bonds is 3. The fraction of sp³-hybridized carbons (Fsp3) is 0.0750. The molecule has 0 N–H and O–H groups in total. The average Bonchev–Trinajstić information content (AvgIpc) is 3.53. The van der Waals surface area contributed by atoms with Crippen LogP contribution in [0.25, 0.3) is 60.9 Å². The third-order valence-corrected chi connectivity index (χ3v) is 9.15. The smallest absolute Gasteiger partial charge is 0.148 e. The summed E-state index contributed by atoms with van der Waals surface area (Å²) < 4.78 is 2.26. The molecule has 7 aromatic rings. The molecule has 0 fully saturated rings. The summed E-state index contributed by atoms with van der Waals surface area (Å²) in [6.45, 7) is 4.58. The van der Waals surface area contributed by atoms with Crippen LogP contribution in [0.2, 0.25) is 0 Å². The number of fused-ring (bicyclic) bond motifs is 7. The van der Waals surface area contributed by atoms with E-state index >= 15 is 0 Å². The molecule has 0 amide bonds. The quantitative estimate of drug-likeness (QED) is 0.215. The van der Waals surface area contributed by atoms with Crippen molar-refractivity contribution in [3.05, 3.63) is 144 Å². The second-order valence-corrected chi connectivity index (χ2v) is 11.8. The maximum absolute atomic E-state index is 10.6. The van der Waals surface area contributed by atoms with Gasteiger partial charge in [0.05, 0.1) is 22.3 Å². The van der Waals surface area contributed by atoms with Crippen LogP contribution in [0.15, 0.2) is 121 Å². The van der Waals surface area contributed by atoms with E-state index in [-0.39, 0.29) is 5.41 Å². The minimum absolute atomic E-state index is 0.145. The van der Waals surface area contributed by atoms with Gasteiger partial charge in [-0.25, -0.2) is 4.98 Å². The van der Waals surface area contributed by atoms with Gasteiger partial charge >= 0.3 is 0 Å². The highest BCUT2D eigenvalue weighted by Crippen LogP contribution is 2.53. The monoisotopic (exact) mass is 562 g/mol. The molecule has 206 valence electrons. The Bertz CT molecular complexity index is 2380. The Kier molecular flexibility index (Phi) is 5.57. The van der Waals surface area contributed by atoms with Crippen molar-refractivity contribution >= 4 is 21.8 Å². The summed E-state index contributed by atoms with van der Waals surface area (Å²) >= 11 is 0. The molecular weight excluding hydrogens is 536 g/mol. The summed E-state index contributed by atoms with van der Waals surface area (Å²) in [4.78, 5) is 4.48.